The molecule has 5 nitrogen and oxygen atoms in total. The van der Waals surface area contributed by atoms with Gasteiger partial charge >= 0.3 is 0 Å². The molecule has 1 aliphatic carbocycles. The average molecular weight is 327 g/mol. The lowest BCUT2D eigenvalue weighted by molar-refractivity contribution is -0.117. The first-order chi connectivity index (χ1) is 10.5. The van der Waals surface area contributed by atoms with Crippen molar-refractivity contribution in [3.8, 4) is 0 Å². The van der Waals surface area contributed by atoms with Crippen molar-refractivity contribution in [2.75, 3.05) is 5.32 Å². The minimum atomic E-state index is -2.62. The van der Waals surface area contributed by atoms with Gasteiger partial charge < -0.3 is 5.32 Å². The van der Waals surface area contributed by atoms with Crippen LogP contribution >= 0.6 is 11.6 Å². The number of hydrogen-bond donors (Lipinski definition) is 1. The number of nitrogens with one attached hydrogen (secondary N) is 1. The monoisotopic (exact) mass is 326 g/mol. The van der Waals surface area contributed by atoms with Crippen LogP contribution in [0.3, 0.4) is 0 Å². The number of carbonyl (C=O) groups is 1. The van der Waals surface area contributed by atoms with Crippen molar-refractivity contribution in [2.45, 2.75) is 32.2 Å². The van der Waals surface area contributed by atoms with Crippen LogP contribution in [-0.2, 0) is 24.2 Å². The summed E-state index contributed by atoms with van der Waals surface area (Å²) in [6.45, 7) is -0.112. The quantitative estimate of drug-likeness (QED) is 0.939. The maximum atomic E-state index is 13.0. The van der Waals surface area contributed by atoms with Crippen molar-refractivity contribution in [2.24, 2.45) is 0 Å². The highest BCUT2D eigenvalue weighted by molar-refractivity contribution is 6.30. The third-order valence-electron chi connectivity index (χ3n) is 3.53. The molecule has 0 radical (unpaired) electrons. The Bertz CT molecular complexity index is 700. The van der Waals surface area contributed by atoms with Gasteiger partial charge in [0, 0.05) is 17.5 Å². The number of hydrogen-bond acceptors (Lipinski definition) is 3. The van der Waals surface area contributed by atoms with E-state index >= 15 is 0 Å². The number of fused-ring (bicyclic) bond motifs is 1. The number of anilines is 1. The summed E-state index contributed by atoms with van der Waals surface area (Å²) in [6.07, 6.45) is 0.871. The van der Waals surface area contributed by atoms with E-state index in [1.807, 2.05) is 0 Å². The zero-order chi connectivity index (χ0) is 15.7. The van der Waals surface area contributed by atoms with Crippen LogP contribution in [0.4, 0.5) is 14.6 Å². The van der Waals surface area contributed by atoms with E-state index in [2.05, 4.69) is 15.4 Å². The summed E-state index contributed by atoms with van der Waals surface area (Å²) in [5.74, 6) is -0.0138. The third-order valence-corrected chi connectivity index (χ3v) is 3.76. The molecule has 8 heteroatoms. The fourth-order valence-electron chi connectivity index (χ4n) is 2.61. The Morgan fingerprint density at radius 1 is 1.41 bits per heavy atom. The number of pyridine rings is 1. The van der Waals surface area contributed by atoms with Gasteiger partial charge in [-0.15, -0.1) is 0 Å². The first kappa shape index (κ1) is 14.9. The molecule has 1 aliphatic rings. The van der Waals surface area contributed by atoms with Crippen LogP contribution in [0.2, 0.25) is 5.02 Å². The van der Waals surface area contributed by atoms with Gasteiger partial charge in [-0.1, -0.05) is 11.6 Å². The van der Waals surface area contributed by atoms with Gasteiger partial charge in [-0.05, 0) is 31.4 Å². The third kappa shape index (κ3) is 2.94. The Hall–Kier alpha value is -2.02. The largest absolute Gasteiger partial charge is 0.309 e. The van der Waals surface area contributed by atoms with Crippen molar-refractivity contribution in [1.29, 1.82) is 0 Å². The predicted molar refractivity (Wildman–Crippen MR) is 77.1 cm³/mol. The average Bonchev–Trinajstić information content (AvgIpc) is 3.05. The highest BCUT2D eigenvalue weighted by Gasteiger charge is 2.27. The number of aromatic nitrogens is 3. The van der Waals surface area contributed by atoms with E-state index in [0.29, 0.717) is 29.2 Å². The van der Waals surface area contributed by atoms with E-state index in [1.165, 1.54) is 10.9 Å². The summed E-state index contributed by atoms with van der Waals surface area (Å²) < 4.78 is 27.3. The van der Waals surface area contributed by atoms with E-state index in [-0.39, 0.29) is 18.1 Å². The highest BCUT2D eigenvalue weighted by atomic mass is 35.5. The predicted octanol–water partition coefficient (Wildman–Crippen LogP) is 3.00. The summed E-state index contributed by atoms with van der Waals surface area (Å²) >= 11 is 5.71. The Morgan fingerprint density at radius 3 is 2.91 bits per heavy atom. The highest BCUT2D eigenvalue weighted by Crippen LogP contribution is 2.31. The van der Waals surface area contributed by atoms with Gasteiger partial charge in [0.15, 0.2) is 0 Å². The fraction of sp³-hybridized carbons (Fsp3) is 0.357. The van der Waals surface area contributed by atoms with E-state index in [1.54, 1.807) is 12.1 Å². The molecule has 0 saturated heterocycles. The zero-order valence-corrected chi connectivity index (χ0v) is 12.3. The molecule has 0 spiro atoms. The number of halogens is 3. The van der Waals surface area contributed by atoms with Crippen LogP contribution in [0.5, 0.6) is 0 Å². The lowest BCUT2D eigenvalue weighted by Crippen LogP contribution is -2.21. The van der Waals surface area contributed by atoms with Gasteiger partial charge in [-0.3, -0.25) is 9.48 Å². The minimum Gasteiger partial charge on any atom is -0.309 e. The first-order valence-electron chi connectivity index (χ1n) is 6.82. The number of amides is 1. The molecule has 1 N–H and O–H groups in total. The SMILES string of the molecule is O=C(Cn1nc(C(F)F)c2c1CCC2)Nc1ccc(Cl)cn1. The molecule has 0 bridgehead atoms. The van der Waals surface area contributed by atoms with E-state index in [9.17, 15) is 13.6 Å². The normalized spacial score (nSPS) is 13.5. The Kier molecular flexibility index (Phi) is 4.06. The van der Waals surface area contributed by atoms with Gasteiger partial charge in [0.1, 0.15) is 18.1 Å². The van der Waals surface area contributed by atoms with Crippen LogP contribution in [0.15, 0.2) is 18.3 Å². The van der Waals surface area contributed by atoms with Gasteiger partial charge in [-0.2, -0.15) is 5.10 Å². The maximum absolute atomic E-state index is 13.0. The molecule has 0 aliphatic heterocycles. The molecular weight excluding hydrogens is 314 g/mol. The second-order valence-electron chi connectivity index (χ2n) is 5.03. The topological polar surface area (TPSA) is 59.8 Å². The van der Waals surface area contributed by atoms with Gasteiger partial charge in [-0.25, -0.2) is 13.8 Å². The summed E-state index contributed by atoms with van der Waals surface area (Å²) in [5, 5.41) is 6.94. The standard InChI is InChI=1S/C14H13ClF2N4O/c15-8-4-5-11(18-6-8)19-12(22)7-21-10-3-1-2-9(10)13(20-21)14(16)17/h4-6,14H,1-3,7H2,(H,18,19,22). The Labute approximate surface area is 130 Å². The second kappa shape index (κ2) is 6.00. The molecule has 0 atom stereocenters. The van der Waals surface area contributed by atoms with Crippen LogP contribution in [0, 0.1) is 0 Å². The molecule has 0 saturated carbocycles. The number of alkyl halides is 2. The van der Waals surface area contributed by atoms with Crippen LogP contribution in [0.1, 0.15) is 29.8 Å². The van der Waals surface area contributed by atoms with Crippen molar-refractivity contribution >= 4 is 23.3 Å². The van der Waals surface area contributed by atoms with E-state index < -0.39 is 6.43 Å². The molecule has 22 heavy (non-hydrogen) atoms. The van der Waals surface area contributed by atoms with Crippen LogP contribution < -0.4 is 5.32 Å². The summed E-state index contributed by atoms with van der Waals surface area (Å²) in [7, 11) is 0. The van der Waals surface area contributed by atoms with Crippen molar-refractivity contribution in [3.05, 3.63) is 40.3 Å². The summed E-state index contributed by atoms with van der Waals surface area (Å²) in [5.41, 5.74) is 1.12. The number of nitrogens with zero attached hydrogens (tertiary/aromatic N) is 3. The Morgan fingerprint density at radius 2 is 2.23 bits per heavy atom. The van der Waals surface area contributed by atoms with E-state index in [0.717, 1.165) is 12.1 Å². The second-order valence-corrected chi connectivity index (χ2v) is 5.47. The molecule has 2 aromatic heterocycles. The minimum absolute atomic E-state index is 0.112. The van der Waals surface area contributed by atoms with Crippen molar-refractivity contribution in [1.82, 2.24) is 14.8 Å². The number of carbonyl (C=O) groups excluding carboxylic acids is 1. The van der Waals surface area contributed by atoms with Crippen molar-refractivity contribution in [3.63, 3.8) is 0 Å². The first-order valence-corrected chi connectivity index (χ1v) is 7.20. The van der Waals surface area contributed by atoms with Crippen LogP contribution in [-0.4, -0.2) is 20.7 Å². The fourth-order valence-corrected chi connectivity index (χ4v) is 2.73. The van der Waals surface area contributed by atoms with Gasteiger partial charge in [0.05, 0.1) is 5.02 Å². The molecule has 2 aromatic rings. The molecule has 1 amide bonds. The molecule has 0 unspecified atom stereocenters. The molecule has 3 rings (SSSR count). The van der Waals surface area contributed by atoms with Gasteiger partial charge in [0.25, 0.3) is 6.43 Å². The van der Waals surface area contributed by atoms with Crippen LogP contribution in [0.25, 0.3) is 0 Å². The lowest BCUT2D eigenvalue weighted by atomic mass is 10.2. The smallest absolute Gasteiger partial charge is 0.282 e. The molecular formula is C14H13ClF2N4O. The maximum Gasteiger partial charge on any atom is 0.282 e. The summed E-state index contributed by atoms with van der Waals surface area (Å²) in [4.78, 5) is 16.0. The lowest BCUT2D eigenvalue weighted by Gasteiger charge is -2.07. The molecule has 2 heterocycles. The molecule has 0 aromatic carbocycles. The van der Waals surface area contributed by atoms with Gasteiger partial charge in [0.2, 0.25) is 5.91 Å². The summed E-state index contributed by atoms with van der Waals surface area (Å²) in [6, 6.07) is 3.17. The number of rotatable bonds is 4. The molecule has 116 valence electrons. The Balaban J connectivity index is 1.74. The zero-order valence-electron chi connectivity index (χ0n) is 11.5. The van der Waals surface area contributed by atoms with Crippen molar-refractivity contribution < 1.29 is 13.6 Å². The molecule has 0 fully saturated rings. The van der Waals surface area contributed by atoms with E-state index in [4.69, 9.17) is 11.6 Å².